The van der Waals surface area contributed by atoms with Crippen molar-refractivity contribution >= 4 is 34.1 Å². The Hall–Kier alpha value is -4.19. The number of hydrogen-bond acceptors (Lipinski definition) is 4. The van der Waals surface area contributed by atoms with E-state index in [-0.39, 0.29) is 11.8 Å². The van der Waals surface area contributed by atoms with Crippen molar-refractivity contribution in [2.75, 3.05) is 11.1 Å². The van der Waals surface area contributed by atoms with Gasteiger partial charge in [-0.2, -0.15) is 0 Å². The summed E-state index contributed by atoms with van der Waals surface area (Å²) in [7, 11) is 0. The molecule has 1 aromatic heterocycles. The highest BCUT2D eigenvalue weighted by Crippen LogP contribution is 2.29. The minimum absolute atomic E-state index is 0.109. The van der Waals surface area contributed by atoms with E-state index in [0.29, 0.717) is 18.1 Å². The molecule has 0 saturated heterocycles. The lowest BCUT2D eigenvalue weighted by molar-refractivity contribution is -0.121. The van der Waals surface area contributed by atoms with Crippen LogP contribution in [0.5, 0.6) is 0 Å². The van der Waals surface area contributed by atoms with Gasteiger partial charge in [0.1, 0.15) is 5.82 Å². The van der Waals surface area contributed by atoms with E-state index in [0.717, 1.165) is 27.5 Å². The second-order valence-corrected chi connectivity index (χ2v) is 7.62. The van der Waals surface area contributed by atoms with Crippen molar-refractivity contribution in [2.45, 2.75) is 19.4 Å². The first-order valence-electron chi connectivity index (χ1n) is 10.3. The van der Waals surface area contributed by atoms with Crippen molar-refractivity contribution in [1.29, 1.82) is 0 Å². The number of aromatic nitrogens is 1. The van der Waals surface area contributed by atoms with Gasteiger partial charge in [-0.15, -0.1) is 0 Å². The number of nitrogens with two attached hydrogens (primary N) is 1. The van der Waals surface area contributed by atoms with E-state index in [9.17, 15) is 9.59 Å². The molecule has 6 heteroatoms. The third kappa shape index (κ3) is 4.75. The zero-order valence-electron chi connectivity index (χ0n) is 17.7. The number of nitrogen functional groups attached to an aromatic ring is 1. The molecule has 4 aromatic rings. The lowest BCUT2D eigenvalue weighted by Crippen LogP contribution is -2.29. The summed E-state index contributed by atoms with van der Waals surface area (Å²) in [4.78, 5) is 28.8. The zero-order valence-corrected chi connectivity index (χ0v) is 17.7. The number of carbonyl (C=O) groups excluding carboxylic acids is 2. The molecule has 0 aliphatic carbocycles. The fourth-order valence-electron chi connectivity index (χ4n) is 3.79. The number of pyridine rings is 1. The van der Waals surface area contributed by atoms with Crippen LogP contribution in [0, 0.1) is 0 Å². The average molecular weight is 425 g/mol. The van der Waals surface area contributed by atoms with Crippen LogP contribution in [0.1, 0.15) is 29.5 Å². The maximum Gasteiger partial charge on any atom is 0.232 e. The summed E-state index contributed by atoms with van der Waals surface area (Å²) in [6, 6.07) is 24.8. The second-order valence-electron chi connectivity index (χ2n) is 7.62. The van der Waals surface area contributed by atoms with Crippen LogP contribution in [0.3, 0.4) is 0 Å². The Morgan fingerprint density at radius 3 is 2.53 bits per heavy atom. The van der Waals surface area contributed by atoms with Crippen LogP contribution < -0.4 is 16.4 Å². The van der Waals surface area contributed by atoms with Gasteiger partial charge < -0.3 is 16.4 Å². The Bertz CT molecular complexity index is 1270. The van der Waals surface area contributed by atoms with E-state index in [1.807, 2.05) is 78.9 Å². The highest BCUT2D eigenvalue weighted by molar-refractivity contribution is 5.94. The number of anilines is 2. The van der Waals surface area contributed by atoms with E-state index < -0.39 is 5.92 Å². The highest BCUT2D eigenvalue weighted by atomic mass is 16.2. The molecule has 160 valence electrons. The summed E-state index contributed by atoms with van der Waals surface area (Å²) in [5, 5.41) is 7.61. The summed E-state index contributed by atoms with van der Waals surface area (Å²) < 4.78 is 0. The molecule has 4 rings (SSSR count). The normalized spacial score (nSPS) is 11.7. The van der Waals surface area contributed by atoms with E-state index in [1.165, 1.54) is 6.92 Å². The molecular formula is C26H24N4O2. The van der Waals surface area contributed by atoms with Gasteiger partial charge in [-0.3, -0.25) is 9.59 Å². The second kappa shape index (κ2) is 9.31. The smallest absolute Gasteiger partial charge is 0.232 e. The minimum atomic E-state index is -0.478. The van der Waals surface area contributed by atoms with Gasteiger partial charge in [0.15, 0.2) is 0 Å². The van der Waals surface area contributed by atoms with Crippen LogP contribution in [0.2, 0.25) is 0 Å². The number of hydrogen-bond donors (Lipinski definition) is 3. The molecule has 0 radical (unpaired) electrons. The SMILES string of the molecule is CC(=O)Nc1cccc(CNC(=O)C(c2ccccc2)c2ccc3c(N)nccc3c2)c1. The van der Waals surface area contributed by atoms with Crippen LogP contribution in [0.25, 0.3) is 10.8 Å². The molecule has 0 aliphatic heterocycles. The molecule has 32 heavy (non-hydrogen) atoms. The Kier molecular flexibility index (Phi) is 6.12. The fraction of sp³-hybridized carbons (Fsp3) is 0.115. The van der Waals surface area contributed by atoms with E-state index in [1.54, 1.807) is 6.20 Å². The molecule has 4 N–H and O–H groups in total. The van der Waals surface area contributed by atoms with Gasteiger partial charge in [0.2, 0.25) is 11.8 Å². The van der Waals surface area contributed by atoms with Gasteiger partial charge in [0.25, 0.3) is 0 Å². The minimum Gasteiger partial charge on any atom is -0.383 e. The molecule has 0 bridgehead atoms. The molecule has 2 amide bonds. The summed E-state index contributed by atoms with van der Waals surface area (Å²) in [6.07, 6.45) is 1.67. The Morgan fingerprint density at radius 1 is 0.938 bits per heavy atom. The first-order valence-corrected chi connectivity index (χ1v) is 10.3. The third-order valence-corrected chi connectivity index (χ3v) is 5.26. The van der Waals surface area contributed by atoms with E-state index in [2.05, 4.69) is 15.6 Å². The lowest BCUT2D eigenvalue weighted by atomic mass is 9.89. The van der Waals surface area contributed by atoms with Crippen molar-refractivity contribution in [2.24, 2.45) is 0 Å². The number of amides is 2. The Balaban J connectivity index is 1.62. The van der Waals surface area contributed by atoms with E-state index >= 15 is 0 Å². The monoisotopic (exact) mass is 424 g/mol. The third-order valence-electron chi connectivity index (χ3n) is 5.26. The number of benzene rings is 3. The molecular weight excluding hydrogens is 400 g/mol. The average Bonchev–Trinajstić information content (AvgIpc) is 2.79. The lowest BCUT2D eigenvalue weighted by Gasteiger charge is -2.19. The van der Waals surface area contributed by atoms with Gasteiger partial charge in [-0.1, -0.05) is 54.6 Å². The number of carbonyl (C=O) groups is 2. The predicted molar refractivity (Wildman–Crippen MR) is 127 cm³/mol. The summed E-state index contributed by atoms with van der Waals surface area (Å²) >= 11 is 0. The standard InChI is InChI=1S/C26H24N4O2/c1-17(31)30-22-9-5-6-18(14-22)16-29-26(32)24(19-7-3-2-4-8-19)21-10-11-23-20(15-21)12-13-28-25(23)27/h2-15,24H,16H2,1H3,(H2,27,28)(H,29,32)(H,30,31). The van der Waals surface area contributed by atoms with Crippen LogP contribution in [0.4, 0.5) is 11.5 Å². The van der Waals surface area contributed by atoms with Crippen LogP contribution >= 0.6 is 0 Å². The van der Waals surface area contributed by atoms with Gasteiger partial charge in [-0.05, 0) is 46.3 Å². The molecule has 0 fully saturated rings. The number of nitrogens with one attached hydrogen (secondary N) is 2. The number of fused-ring (bicyclic) bond motifs is 1. The number of rotatable bonds is 6. The fourth-order valence-corrected chi connectivity index (χ4v) is 3.79. The molecule has 0 spiro atoms. The molecule has 0 saturated carbocycles. The van der Waals surface area contributed by atoms with Gasteiger partial charge in [-0.25, -0.2) is 4.98 Å². The summed E-state index contributed by atoms with van der Waals surface area (Å²) in [6.45, 7) is 1.81. The Morgan fingerprint density at radius 2 is 1.75 bits per heavy atom. The molecule has 1 unspecified atom stereocenters. The largest absolute Gasteiger partial charge is 0.383 e. The van der Waals surface area contributed by atoms with Crippen molar-refractivity contribution < 1.29 is 9.59 Å². The van der Waals surface area contributed by atoms with Crippen LogP contribution in [-0.4, -0.2) is 16.8 Å². The topological polar surface area (TPSA) is 97.1 Å². The van der Waals surface area contributed by atoms with Gasteiger partial charge in [0, 0.05) is 30.7 Å². The quantitative estimate of drug-likeness (QED) is 0.432. The van der Waals surface area contributed by atoms with Crippen molar-refractivity contribution in [3.63, 3.8) is 0 Å². The van der Waals surface area contributed by atoms with Crippen molar-refractivity contribution in [3.05, 3.63) is 102 Å². The highest BCUT2D eigenvalue weighted by Gasteiger charge is 2.23. The van der Waals surface area contributed by atoms with Gasteiger partial charge in [0.05, 0.1) is 5.92 Å². The first kappa shape index (κ1) is 21.1. The van der Waals surface area contributed by atoms with Crippen molar-refractivity contribution in [3.8, 4) is 0 Å². The maximum atomic E-state index is 13.4. The molecule has 0 aliphatic rings. The number of nitrogens with zero attached hydrogens (tertiary/aromatic N) is 1. The van der Waals surface area contributed by atoms with Crippen molar-refractivity contribution in [1.82, 2.24) is 10.3 Å². The molecule has 1 heterocycles. The van der Waals surface area contributed by atoms with Gasteiger partial charge >= 0.3 is 0 Å². The molecule has 1 atom stereocenters. The Labute approximate surface area is 186 Å². The van der Waals surface area contributed by atoms with Crippen LogP contribution in [0.15, 0.2) is 85.1 Å². The molecule has 6 nitrogen and oxygen atoms in total. The first-order chi connectivity index (χ1) is 15.5. The molecule has 3 aromatic carbocycles. The predicted octanol–water partition coefficient (Wildman–Crippen LogP) is 4.22. The zero-order chi connectivity index (χ0) is 22.5. The maximum absolute atomic E-state index is 13.4. The summed E-state index contributed by atoms with van der Waals surface area (Å²) in [5.41, 5.74) is 9.36. The van der Waals surface area contributed by atoms with Crippen LogP contribution in [-0.2, 0) is 16.1 Å². The summed E-state index contributed by atoms with van der Waals surface area (Å²) in [5.74, 6) is -0.257. The van der Waals surface area contributed by atoms with E-state index in [4.69, 9.17) is 5.73 Å².